The van der Waals surface area contributed by atoms with Crippen LogP contribution in [0.5, 0.6) is 0 Å². The molecular formula is C15H13F4N. The first kappa shape index (κ1) is 14.5. The van der Waals surface area contributed by atoms with E-state index in [1.807, 2.05) is 0 Å². The van der Waals surface area contributed by atoms with Gasteiger partial charge in [-0.2, -0.15) is 13.2 Å². The second-order valence-electron chi connectivity index (χ2n) is 4.38. The number of nitrogens with two attached hydrogens (primary N) is 1. The van der Waals surface area contributed by atoms with E-state index in [0.29, 0.717) is 17.5 Å². The third-order valence-corrected chi connectivity index (χ3v) is 3.00. The van der Waals surface area contributed by atoms with E-state index in [2.05, 4.69) is 0 Å². The van der Waals surface area contributed by atoms with Gasteiger partial charge in [0.25, 0.3) is 0 Å². The maximum Gasteiger partial charge on any atom is 0.417 e. The summed E-state index contributed by atoms with van der Waals surface area (Å²) in [7, 11) is 0. The predicted molar refractivity (Wildman–Crippen MR) is 69.6 cm³/mol. The first-order valence-corrected chi connectivity index (χ1v) is 6.08. The van der Waals surface area contributed by atoms with Gasteiger partial charge in [0, 0.05) is 0 Å². The minimum Gasteiger partial charge on any atom is -0.330 e. The normalized spacial score (nSPS) is 11.7. The van der Waals surface area contributed by atoms with Crippen molar-refractivity contribution >= 4 is 0 Å². The largest absolute Gasteiger partial charge is 0.417 e. The summed E-state index contributed by atoms with van der Waals surface area (Å²) in [5.74, 6) is -0.485. The van der Waals surface area contributed by atoms with Crippen molar-refractivity contribution < 1.29 is 17.6 Å². The highest BCUT2D eigenvalue weighted by Gasteiger charge is 2.33. The molecule has 0 aliphatic carbocycles. The maximum atomic E-state index is 13.3. The number of hydrogen-bond acceptors (Lipinski definition) is 1. The fraction of sp³-hybridized carbons (Fsp3) is 0.200. The van der Waals surface area contributed by atoms with Gasteiger partial charge in [-0.3, -0.25) is 0 Å². The summed E-state index contributed by atoms with van der Waals surface area (Å²) in [5.41, 5.74) is 5.59. The van der Waals surface area contributed by atoms with Crippen molar-refractivity contribution in [2.45, 2.75) is 12.6 Å². The summed E-state index contributed by atoms with van der Waals surface area (Å²) in [4.78, 5) is 0. The predicted octanol–water partition coefficient (Wildman–Crippen LogP) is 4.01. The number of benzene rings is 2. The van der Waals surface area contributed by atoms with Crippen molar-refractivity contribution in [1.29, 1.82) is 0 Å². The molecule has 0 heterocycles. The van der Waals surface area contributed by atoms with Gasteiger partial charge in [0.2, 0.25) is 0 Å². The van der Waals surface area contributed by atoms with Gasteiger partial charge in [-0.25, -0.2) is 4.39 Å². The Hall–Kier alpha value is -1.88. The van der Waals surface area contributed by atoms with Crippen LogP contribution < -0.4 is 5.73 Å². The quantitative estimate of drug-likeness (QED) is 0.846. The molecule has 0 aromatic heterocycles. The molecule has 0 spiro atoms. The topological polar surface area (TPSA) is 26.0 Å². The Labute approximate surface area is 114 Å². The number of alkyl halides is 3. The van der Waals surface area contributed by atoms with Crippen LogP contribution in [0, 0.1) is 5.82 Å². The van der Waals surface area contributed by atoms with Crippen LogP contribution in [0.1, 0.15) is 11.1 Å². The second-order valence-corrected chi connectivity index (χ2v) is 4.38. The molecule has 0 fully saturated rings. The first-order chi connectivity index (χ1) is 9.43. The Bertz CT molecular complexity index is 605. The van der Waals surface area contributed by atoms with E-state index in [4.69, 9.17) is 5.73 Å². The van der Waals surface area contributed by atoms with Crippen molar-refractivity contribution in [3.63, 3.8) is 0 Å². The molecule has 0 saturated carbocycles. The Morgan fingerprint density at radius 3 is 2.30 bits per heavy atom. The van der Waals surface area contributed by atoms with Gasteiger partial charge in [0.1, 0.15) is 5.82 Å². The van der Waals surface area contributed by atoms with Gasteiger partial charge in [0.05, 0.1) is 5.56 Å². The zero-order chi connectivity index (χ0) is 14.8. The Kier molecular flexibility index (Phi) is 4.09. The zero-order valence-electron chi connectivity index (χ0n) is 10.5. The van der Waals surface area contributed by atoms with E-state index in [0.717, 1.165) is 12.1 Å². The molecule has 0 saturated heterocycles. The zero-order valence-corrected chi connectivity index (χ0v) is 10.5. The molecule has 2 N–H and O–H groups in total. The van der Waals surface area contributed by atoms with Gasteiger partial charge in [-0.15, -0.1) is 0 Å². The molecule has 0 aliphatic rings. The minimum atomic E-state index is -4.45. The molecule has 106 valence electrons. The highest BCUT2D eigenvalue weighted by atomic mass is 19.4. The van der Waals surface area contributed by atoms with Crippen LogP contribution in [0.2, 0.25) is 0 Å². The molecule has 0 bridgehead atoms. The van der Waals surface area contributed by atoms with E-state index in [1.54, 1.807) is 0 Å². The summed E-state index contributed by atoms with van der Waals surface area (Å²) in [6.07, 6.45) is -4.13. The van der Waals surface area contributed by atoms with E-state index < -0.39 is 17.6 Å². The highest BCUT2D eigenvalue weighted by molar-refractivity contribution is 5.71. The maximum absolute atomic E-state index is 13.3. The Morgan fingerprint density at radius 1 is 0.950 bits per heavy atom. The van der Waals surface area contributed by atoms with E-state index in [9.17, 15) is 17.6 Å². The molecule has 20 heavy (non-hydrogen) atoms. The van der Waals surface area contributed by atoms with Crippen LogP contribution in [0.3, 0.4) is 0 Å². The lowest BCUT2D eigenvalue weighted by molar-refractivity contribution is -0.137. The number of hydrogen-bond donors (Lipinski definition) is 1. The molecule has 0 aliphatic heterocycles. The lowest BCUT2D eigenvalue weighted by Crippen LogP contribution is -2.09. The monoisotopic (exact) mass is 283 g/mol. The van der Waals surface area contributed by atoms with Crippen LogP contribution in [0.15, 0.2) is 42.5 Å². The second kappa shape index (κ2) is 5.63. The fourth-order valence-electron chi connectivity index (χ4n) is 2.15. The van der Waals surface area contributed by atoms with Crippen molar-refractivity contribution in [2.24, 2.45) is 5.73 Å². The van der Waals surface area contributed by atoms with Crippen LogP contribution >= 0.6 is 0 Å². The van der Waals surface area contributed by atoms with Gasteiger partial charge in [0.15, 0.2) is 0 Å². The molecule has 5 heteroatoms. The Balaban J connectivity index is 2.63. The molecule has 2 aromatic carbocycles. The van der Waals surface area contributed by atoms with Crippen molar-refractivity contribution in [2.75, 3.05) is 6.54 Å². The summed E-state index contributed by atoms with van der Waals surface area (Å²) >= 11 is 0. The van der Waals surface area contributed by atoms with Crippen molar-refractivity contribution in [1.82, 2.24) is 0 Å². The molecule has 2 rings (SSSR count). The summed E-state index contributed by atoms with van der Waals surface area (Å²) < 4.78 is 52.4. The van der Waals surface area contributed by atoms with Crippen LogP contribution in [0.4, 0.5) is 17.6 Å². The summed E-state index contributed by atoms with van der Waals surface area (Å²) in [5, 5.41) is 0. The minimum absolute atomic E-state index is 0.0449. The fourth-order valence-corrected chi connectivity index (χ4v) is 2.15. The molecule has 0 amide bonds. The van der Waals surface area contributed by atoms with Gasteiger partial charge in [-0.05, 0) is 47.9 Å². The van der Waals surface area contributed by atoms with Crippen LogP contribution in [-0.2, 0) is 12.6 Å². The molecule has 2 aromatic rings. The third kappa shape index (κ3) is 2.99. The molecule has 0 radical (unpaired) electrons. The average Bonchev–Trinajstić information content (AvgIpc) is 2.38. The van der Waals surface area contributed by atoms with E-state index in [1.165, 1.54) is 30.3 Å². The number of rotatable bonds is 3. The first-order valence-electron chi connectivity index (χ1n) is 6.08. The van der Waals surface area contributed by atoms with Gasteiger partial charge in [-0.1, -0.05) is 24.3 Å². The molecular weight excluding hydrogens is 270 g/mol. The van der Waals surface area contributed by atoms with E-state index in [-0.39, 0.29) is 12.1 Å². The van der Waals surface area contributed by atoms with E-state index >= 15 is 0 Å². The average molecular weight is 283 g/mol. The SMILES string of the molecule is NCCc1cc(F)ccc1-c1ccccc1C(F)(F)F. The lowest BCUT2D eigenvalue weighted by atomic mass is 9.93. The van der Waals surface area contributed by atoms with Crippen LogP contribution in [-0.4, -0.2) is 6.54 Å². The molecule has 0 unspecified atom stereocenters. The lowest BCUT2D eigenvalue weighted by Gasteiger charge is -2.15. The highest BCUT2D eigenvalue weighted by Crippen LogP contribution is 2.38. The van der Waals surface area contributed by atoms with Crippen molar-refractivity contribution in [3.8, 4) is 11.1 Å². The number of halogens is 4. The summed E-state index contributed by atoms with van der Waals surface area (Å²) in [6, 6.07) is 9.02. The molecule has 1 nitrogen and oxygen atoms in total. The Morgan fingerprint density at radius 2 is 1.65 bits per heavy atom. The third-order valence-electron chi connectivity index (χ3n) is 3.00. The standard InChI is InChI=1S/C15H13F4N/c16-11-5-6-12(10(9-11)7-8-20)13-3-1-2-4-14(13)15(17,18)19/h1-6,9H,7-8,20H2. The van der Waals surface area contributed by atoms with Crippen molar-refractivity contribution in [3.05, 3.63) is 59.4 Å². The van der Waals surface area contributed by atoms with Crippen LogP contribution in [0.25, 0.3) is 11.1 Å². The summed E-state index contributed by atoms with van der Waals surface area (Å²) in [6.45, 7) is 0.241. The smallest absolute Gasteiger partial charge is 0.330 e. The van der Waals surface area contributed by atoms with Gasteiger partial charge >= 0.3 is 6.18 Å². The molecule has 0 atom stereocenters. The van der Waals surface area contributed by atoms with Gasteiger partial charge < -0.3 is 5.73 Å².